The second kappa shape index (κ2) is 7.81. The first kappa shape index (κ1) is 19.4. The first-order chi connectivity index (χ1) is 14.0. The molecule has 0 N–H and O–H groups in total. The average Bonchev–Trinajstić information content (AvgIpc) is 3.46. The summed E-state index contributed by atoms with van der Waals surface area (Å²) >= 11 is 0. The van der Waals surface area contributed by atoms with E-state index in [2.05, 4.69) is 20.3 Å². The topological polar surface area (TPSA) is 94.9 Å². The molecule has 1 saturated heterocycles. The second-order valence-corrected chi connectivity index (χ2v) is 7.86. The summed E-state index contributed by atoms with van der Waals surface area (Å²) in [6.45, 7) is 8.12. The van der Waals surface area contributed by atoms with Gasteiger partial charge in [-0.25, -0.2) is 0 Å². The summed E-state index contributed by atoms with van der Waals surface area (Å²) < 4.78 is 8.86. The van der Waals surface area contributed by atoms with E-state index in [0.717, 1.165) is 24.2 Å². The van der Waals surface area contributed by atoms with Crippen LogP contribution in [0.15, 0.2) is 23.1 Å². The van der Waals surface area contributed by atoms with E-state index in [1.807, 2.05) is 45.1 Å². The van der Waals surface area contributed by atoms with E-state index in [0.29, 0.717) is 36.8 Å². The molecule has 0 aromatic carbocycles. The highest BCUT2D eigenvalue weighted by Crippen LogP contribution is 2.29. The van der Waals surface area contributed by atoms with Crippen molar-refractivity contribution >= 4 is 5.91 Å². The molecule has 0 aliphatic carbocycles. The molecule has 4 rings (SSSR count). The van der Waals surface area contributed by atoms with Gasteiger partial charge in [-0.3, -0.25) is 14.2 Å². The minimum Gasteiger partial charge on any atom is -0.339 e. The Morgan fingerprint density at radius 1 is 1.28 bits per heavy atom. The van der Waals surface area contributed by atoms with E-state index in [4.69, 9.17) is 4.52 Å². The molecule has 9 heteroatoms. The number of carbonyl (C=O) groups is 1. The quantitative estimate of drug-likeness (QED) is 0.657. The lowest BCUT2D eigenvalue weighted by atomic mass is 9.95. The fourth-order valence-corrected chi connectivity index (χ4v) is 3.66. The van der Waals surface area contributed by atoms with Crippen LogP contribution in [0.2, 0.25) is 0 Å². The number of likely N-dealkylation sites (tertiary alicyclic amines) is 1. The smallest absolute Gasteiger partial charge is 0.257 e. The largest absolute Gasteiger partial charge is 0.339 e. The Bertz CT molecular complexity index is 992. The van der Waals surface area contributed by atoms with Gasteiger partial charge in [0, 0.05) is 56.5 Å². The van der Waals surface area contributed by atoms with Gasteiger partial charge in [-0.1, -0.05) is 19.0 Å². The third-order valence-electron chi connectivity index (χ3n) is 5.39. The highest BCUT2D eigenvalue weighted by Gasteiger charge is 2.30. The van der Waals surface area contributed by atoms with Crippen LogP contribution >= 0.6 is 0 Å². The van der Waals surface area contributed by atoms with E-state index in [1.54, 1.807) is 15.6 Å². The molecule has 0 radical (unpaired) electrons. The molecule has 1 aliphatic heterocycles. The van der Waals surface area contributed by atoms with Crippen molar-refractivity contribution in [1.82, 2.24) is 34.6 Å². The number of rotatable bonds is 5. The number of aromatic nitrogens is 6. The number of amides is 1. The third-order valence-corrected chi connectivity index (χ3v) is 5.39. The summed E-state index contributed by atoms with van der Waals surface area (Å²) in [5.41, 5.74) is 2.16. The van der Waals surface area contributed by atoms with Gasteiger partial charge in [-0.05, 0) is 19.8 Å². The van der Waals surface area contributed by atoms with E-state index >= 15 is 0 Å². The van der Waals surface area contributed by atoms with Gasteiger partial charge in [0.05, 0.1) is 11.8 Å². The summed E-state index contributed by atoms with van der Waals surface area (Å²) in [6.07, 6.45) is 7.12. The van der Waals surface area contributed by atoms with Gasteiger partial charge < -0.3 is 9.42 Å². The van der Waals surface area contributed by atoms with Crippen molar-refractivity contribution in [2.45, 2.75) is 52.0 Å². The predicted octanol–water partition coefficient (Wildman–Crippen LogP) is 2.83. The van der Waals surface area contributed by atoms with Crippen LogP contribution in [-0.2, 0) is 13.6 Å². The van der Waals surface area contributed by atoms with Crippen LogP contribution in [0.3, 0.4) is 0 Å². The lowest BCUT2D eigenvalue weighted by molar-refractivity contribution is 0.0711. The van der Waals surface area contributed by atoms with Crippen molar-refractivity contribution in [1.29, 1.82) is 0 Å². The highest BCUT2D eigenvalue weighted by molar-refractivity contribution is 5.99. The van der Waals surface area contributed by atoms with E-state index in [-0.39, 0.29) is 17.7 Å². The Balaban J connectivity index is 1.49. The molecule has 0 spiro atoms. The fourth-order valence-electron chi connectivity index (χ4n) is 3.66. The lowest BCUT2D eigenvalue weighted by Gasteiger charge is -2.30. The number of piperidine rings is 1. The molecule has 0 atom stereocenters. The molecule has 1 amide bonds. The maximum atomic E-state index is 13.3. The maximum Gasteiger partial charge on any atom is 0.257 e. The summed E-state index contributed by atoms with van der Waals surface area (Å²) in [5, 5.41) is 13.0. The van der Waals surface area contributed by atoms with E-state index in [9.17, 15) is 4.79 Å². The molecule has 154 valence electrons. The van der Waals surface area contributed by atoms with Gasteiger partial charge in [-0.15, -0.1) is 0 Å². The van der Waals surface area contributed by atoms with E-state index in [1.165, 1.54) is 0 Å². The normalized spacial score (nSPS) is 15.4. The number of hydrogen-bond acceptors (Lipinski definition) is 6. The average molecular weight is 397 g/mol. The number of carbonyl (C=O) groups excluding carboxylic acids is 1. The molecular weight excluding hydrogens is 370 g/mol. The molecule has 3 aromatic heterocycles. The van der Waals surface area contributed by atoms with Gasteiger partial charge in [0.1, 0.15) is 5.69 Å². The predicted molar refractivity (Wildman–Crippen MR) is 106 cm³/mol. The number of hydrogen-bond donors (Lipinski definition) is 0. The van der Waals surface area contributed by atoms with Crippen LogP contribution in [-0.4, -0.2) is 53.6 Å². The van der Waals surface area contributed by atoms with Gasteiger partial charge >= 0.3 is 0 Å². The molecule has 0 unspecified atom stereocenters. The Morgan fingerprint density at radius 3 is 2.62 bits per heavy atom. The van der Waals surface area contributed by atoms with Crippen molar-refractivity contribution in [3.05, 3.63) is 35.9 Å². The Morgan fingerprint density at radius 2 is 2.03 bits per heavy atom. The molecule has 4 heterocycles. The Hall–Kier alpha value is -2.97. The molecule has 9 nitrogen and oxygen atoms in total. The van der Waals surface area contributed by atoms with Crippen molar-refractivity contribution in [2.75, 3.05) is 13.1 Å². The minimum atomic E-state index is 0.0120. The van der Waals surface area contributed by atoms with Gasteiger partial charge in [0.15, 0.2) is 5.82 Å². The molecule has 1 aliphatic rings. The Kier molecular flexibility index (Phi) is 5.21. The first-order valence-electron chi connectivity index (χ1n) is 10.2. The Labute approximate surface area is 169 Å². The SMILES string of the molecule is CCn1cc(C(=O)N2CCC(c3noc(C(C)C)n3)CC2)c(-c2cnn(C)c2)n1. The van der Waals surface area contributed by atoms with Crippen molar-refractivity contribution in [2.24, 2.45) is 7.05 Å². The van der Waals surface area contributed by atoms with Crippen LogP contribution < -0.4 is 0 Å². The third kappa shape index (κ3) is 3.81. The molecule has 0 bridgehead atoms. The van der Waals surface area contributed by atoms with Crippen molar-refractivity contribution in [3.8, 4) is 11.3 Å². The van der Waals surface area contributed by atoms with E-state index < -0.39 is 0 Å². The zero-order chi connectivity index (χ0) is 20.5. The molecule has 29 heavy (non-hydrogen) atoms. The maximum absolute atomic E-state index is 13.3. The lowest BCUT2D eigenvalue weighted by Crippen LogP contribution is -2.38. The monoisotopic (exact) mass is 397 g/mol. The van der Waals surface area contributed by atoms with Gasteiger partial charge in [0.2, 0.25) is 5.89 Å². The summed E-state index contributed by atoms with van der Waals surface area (Å²) in [6, 6.07) is 0. The summed E-state index contributed by atoms with van der Waals surface area (Å²) in [7, 11) is 1.86. The van der Waals surface area contributed by atoms with Gasteiger partial charge in [0.25, 0.3) is 5.91 Å². The van der Waals surface area contributed by atoms with Crippen LogP contribution in [0.1, 0.15) is 67.5 Å². The van der Waals surface area contributed by atoms with Gasteiger partial charge in [-0.2, -0.15) is 15.2 Å². The summed E-state index contributed by atoms with van der Waals surface area (Å²) in [5.74, 6) is 1.89. The van der Waals surface area contributed by atoms with Crippen LogP contribution in [0.5, 0.6) is 0 Å². The fraction of sp³-hybridized carbons (Fsp3) is 0.550. The zero-order valence-electron chi connectivity index (χ0n) is 17.4. The van der Waals surface area contributed by atoms with Crippen molar-refractivity contribution in [3.63, 3.8) is 0 Å². The van der Waals surface area contributed by atoms with Crippen LogP contribution in [0.25, 0.3) is 11.3 Å². The zero-order valence-corrected chi connectivity index (χ0v) is 17.4. The first-order valence-corrected chi connectivity index (χ1v) is 10.2. The molecule has 0 saturated carbocycles. The number of aryl methyl sites for hydroxylation is 2. The van der Waals surface area contributed by atoms with Crippen molar-refractivity contribution < 1.29 is 9.32 Å². The van der Waals surface area contributed by atoms with Crippen LogP contribution in [0.4, 0.5) is 0 Å². The molecular formula is C20H27N7O2. The second-order valence-electron chi connectivity index (χ2n) is 7.86. The summed E-state index contributed by atoms with van der Waals surface area (Å²) in [4.78, 5) is 19.7. The standard InChI is InChI=1S/C20H27N7O2/c1-5-27-12-16(17(23-27)15-10-21-25(4)11-15)20(28)26-8-6-14(7-9-26)18-22-19(13(2)3)29-24-18/h10-14H,5-9H2,1-4H3. The van der Waals surface area contributed by atoms with Crippen LogP contribution in [0, 0.1) is 0 Å². The molecule has 1 fully saturated rings. The number of nitrogens with zero attached hydrogens (tertiary/aromatic N) is 7. The highest BCUT2D eigenvalue weighted by atomic mass is 16.5. The minimum absolute atomic E-state index is 0.0120. The molecule has 3 aromatic rings.